The van der Waals surface area contributed by atoms with Crippen LogP contribution in [0.25, 0.3) is 0 Å². The summed E-state index contributed by atoms with van der Waals surface area (Å²) >= 11 is 0. The Kier molecular flexibility index (Phi) is 5.12. The fraction of sp³-hybridized carbons (Fsp3) is 0.278. The molecule has 0 saturated heterocycles. The molecule has 0 spiro atoms. The first-order valence-electron chi connectivity index (χ1n) is 7.27. The molecule has 110 valence electrons. The molecular formula is C18H21NO2. The normalized spacial score (nSPS) is 13.4. The number of nitrogens with one attached hydrogen (secondary N) is 1. The van der Waals surface area contributed by atoms with Crippen LogP contribution in [0.3, 0.4) is 0 Å². The molecule has 0 unspecified atom stereocenters. The molecule has 0 radical (unpaired) electrons. The molecule has 2 N–H and O–H groups in total. The van der Waals surface area contributed by atoms with Crippen molar-refractivity contribution in [1.29, 1.82) is 0 Å². The van der Waals surface area contributed by atoms with Gasteiger partial charge in [-0.05, 0) is 24.0 Å². The van der Waals surface area contributed by atoms with Gasteiger partial charge >= 0.3 is 0 Å². The lowest BCUT2D eigenvalue weighted by Gasteiger charge is -2.26. The van der Waals surface area contributed by atoms with E-state index in [0.29, 0.717) is 18.5 Å². The van der Waals surface area contributed by atoms with Crippen molar-refractivity contribution in [2.45, 2.75) is 25.4 Å². The van der Waals surface area contributed by atoms with E-state index in [1.807, 2.05) is 55.5 Å². The zero-order chi connectivity index (χ0) is 15.1. The number of carbonyl (C=O) groups excluding carboxylic acids is 1. The highest BCUT2D eigenvalue weighted by atomic mass is 16.3. The van der Waals surface area contributed by atoms with Crippen LogP contribution in [0, 0.1) is 0 Å². The van der Waals surface area contributed by atoms with E-state index in [1.165, 1.54) is 0 Å². The molecular weight excluding hydrogens is 262 g/mol. The van der Waals surface area contributed by atoms with E-state index in [2.05, 4.69) is 5.32 Å². The quantitative estimate of drug-likeness (QED) is 0.856. The minimum absolute atomic E-state index is 0.341. The standard InChI is InChI=1S/C18H21NO2/c1-2-18(21,16-11-7-4-8-12-16)17(20)19-14-13-15-9-5-3-6-10-15/h3-12,21H,2,13-14H2,1H3,(H,19,20)/t18-/m0/s1. The molecule has 3 nitrogen and oxygen atoms in total. The van der Waals surface area contributed by atoms with Crippen LogP contribution < -0.4 is 5.32 Å². The van der Waals surface area contributed by atoms with Crippen LogP contribution in [0.15, 0.2) is 60.7 Å². The number of aliphatic hydroxyl groups is 1. The Hall–Kier alpha value is -2.13. The van der Waals surface area contributed by atoms with Gasteiger partial charge in [-0.3, -0.25) is 4.79 Å². The van der Waals surface area contributed by atoms with E-state index < -0.39 is 5.60 Å². The number of benzene rings is 2. The molecule has 0 saturated carbocycles. The molecule has 1 amide bonds. The zero-order valence-electron chi connectivity index (χ0n) is 12.3. The van der Waals surface area contributed by atoms with Crippen LogP contribution in [-0.2, 0) is 16.8 Å². The first-order chi connectivity index (χ1) is 10.2. The second kappa shape index (κ2) is 7.04. The van der Waals surface area contributed by atoms with E-state index in [9.17, 15) is 9.90 Å². The van der Waals surface area contributed by atoms with Gasteiger partial charge in [0.05, 0.1) is 0 Å². The van der Waals surface area contributed by atoms with Crippen molar-refractivity contribution in [2.24, 2.45) is 0 Å². The van der Waals surface area contributed by atoms with E-state index in [4.69, 9.17) is 0 Å². The minimum Gasteiger partial charge on any atom is -0.375 e. The van der Waals surface area contributed by atoms with Gasteiger partial charge in [-0.25, -0.2) is 0 Å². The van der Waals surface area contributed by atoms with Gasteiger partial charge < -0.3 is 10.4 Å². The molecule has 21 heavy (non-hydrogen) atoms. The summed E-state index contributed by atoms with van der Waals surface area (Å²) in [5.74, 6) is -0.341. The summed E-state index contributed by atoms with van der Waals surface area (Å²) in [4.78, 5) is 12.3. The lowest BCUT2D eigenvalue weighted by Crippen LogP contribution is -2.44. The zero-order valence-corrected chi connectivity index (χ0v) is 12.3. The Labute approximate surface area is 125 Å². The third kappa shape index (κ3) is 3.70. The molecule has 2 aromatic rings. The van der Waals surface area contributed by atoms with Crippen LogP contribution in [0.2, 0.25) is 0 Å². The summed E-state index contributed by atoms with van der Waals surface area (Å²) < 4.78 is 0. The van der Waals surface area contributed by atoms with Crippen LogP contribution >= 0.6 is 0 Å². The molecule has 0 aliphatic rings. The molecule has 3 heteroatoms. The minimum atomic E-state index is -1.46. The molecule has 0 fully saturated rings. The van der Waals surface area contributed by atoms with Crippen molar-refractivity contribution in [3.05, 3.63) is 71.8 Å². The maximum atomic E-state index is 12.3. The second-order valence-corrected chi connectivity index (χ2v) is 5.07. The molecule has 0 bridgehead atoms. The Morgan fingerprint density at radius 1 is 1.05 bits per heavy atom. The number of hydrogen-bond donors (Lipinski definition) is 2. The highest BCUT2D eigenvalue weighted by molar-refractivity contribution is 5.86. The van der Waals surface area contributed by atoms with Gasteiger partial charge in [0, 0.05) is 6.54 Å². The van der Waals surface area contributed by atoms with Gasteiger partial charge in [-0.2, -0.15) is 0 Å². The van der Waals surface area contributed by atoms with Crippen molar-refractivity contribution < 1.29 is 9.90 Å². The first-order valence-corrected chi connectivity index (χ1v) is 7.27. The smallest absolute Gasteiger partial charge is 0.256 e. The number of carbonyl (C=O) groups is 1. The highest BCUT2D eigenvalue weighted by Crippen LogP contribution is 2.24. The maximum Gasteiger partial charge on any atom is 0.256 e. The average molecular weight is 283 g/mol. The number of hydrogen-bond acceptors (Lipinski definition) is 2. The maximum absolute atomic E-state index is 12.3. The van der Waals surface area contributed by atoms with E-state index in [0.717, 1.165) is 12.0 Å². The summed E-state index contributed by atoms with van der Waals surface area (Å²) in [7, 11) is 0. The monoisotopic (exact) mass is 283 g/mol. The van der Waals surface area contributed by atoms with E-state index in [1.54, 1.807) is 12.1 Å². The predicted octanol–water partition coefficient (Wildman–Crippen LogP) is 2.64. The van der Waals surface area contributed by atoms with Crippen molar-refractivity contribution in [3.8, 4) is 0 Å². The average Bonchev–Trinajstić information content (AvgIpc) is 2.55. The summed E-state index contributed by atoms with van der Waals surface area (Å²) in [6.07, 6.45) is 1.09. The molecule has 0 aromatic heterocycles. The van der Waals surface area contributed by atoms with Crippen LogP contribution in [0.4, 0.5) is 0 Å². The highest BCUT2D eigenvalue weighted by Gasteiger charge is 2.35. The first kappa shape index (κ1) is 15.3. The molecule has 2 rings (SSSR count). The van der Waals surface area contributed by atoms with Crippen molar-refractivity contribution in [1.82, 2.24) is 5.32 Å². The molecule has 2 aromatic carbocycles. The van der Waals surface area contributed by atoms with Crippen molar-refractivity contribution in [2.75, 3.05) is 6.54 Å². The van der Waals surface area contributed by atoms with Crippen LogP contribution in [-0.4, -0.2) is 17.6 Å². The van der Waals surface area contributed by atoms with Crippen LogP contribution in [0.1, 0.15) is 24.5 Å². The molecule has 1 atom stereocenters. The Bertz CT molecular complexity index is 568. The van der Waals surface area contributed by atoms with Gasteiger partial charge in [-0.15, -0.1) is 0 Å². The third-order valence-electron chi connectivity index (χ3n) is 3.68. The third-order valence-corrected chi connectivity index (χ3v) is 3.68. The lowest BCUT2D eigenvalue weighted by molar-refractivity contribution is -0.141. The summed E-state index contributed by atoms with van der Waals surface area (Å²) in [5.41, 5.74) is 0.333. The fourth-order valence-electron chi connectivity index (χ4n) is 2.32. The van der Waals surface area contributed by atoms with Crippen molar-refractivity contribution in [3.63, 3.8) is 0 Å². The lowest BCUT2D eigenvalue weighted by atomic mass is 9.90. The molecule has 0 heterocycles. The Morgan fingerprint density at radius 2 is 1.62 bits per heavy atom. The van der Waals surface area contributed by atoms with E-state index in [-0.39, 0.29) is 5.91 Å². The van der Waals surface area contributed by atoms with Gasteiger partial charge in [0.25, 0.3) is 5.91 Å². The van der Waals surface area contributed by atoms with Gasteiger partial charge in [-0.1, -0.05) is 67.6 Å². The van der Waals surface area contributed by atoms with Crippen molar-refractivity contribution >= 4 is 5.91 Å². The largest absolute Gasteiger partial charge is 0.375 e. The summed E-state index contributed by atoms with van der Waals surface area (Å²) in [6.45, 7) is 2.32. The molecule has 0 aliphatic carbocycles. The number of amides is 1. The fourth-order valence-corrected chi connectivity index (χ4v) is 2.32. The van der Waals surface area contributed by atoms with Gasteiger partial charge in [0.15, 0.2) is 5.60 Å². The summed E-state index contributed by atoms with van der Waals surface area (Å²) in [5, 5.41) is 13.5. The topological polar surface area (TPSA) is 49.3 Å². The Morgan fingerprint density at radius 3 is 2.19 bits per heavy atom. The SMILES string of the molecule is CC[C@@](O)(C(=O)NCCc1ccccc1)c1ccccc1. The Balaban J connectivity index is 1.98. The second-order valence-electron chi connectivity index (χ2n) is 5.07. The predicted molar refractivity (Wildman–Crippen MR) is 83.8 cm³/mol. The van der Waals surface area contributed by atoms with E-state index >= 15 is 0 Å². The summed E-state index contributed by atoms with van der Waals surface area (Å²) in [6, 6.07) is 19.0. The molecule has 0 aliphatic heterocycles. The van der Waals surface area contributed by atoms with Crippen LogP contribution in [0.5, 0.6) is 0 Å². The van der Waals surface area contributed by atoms with Gasteiger partial charge in [0.2, 0.25) is 0 Å². The van der Waals surface area contributed by atoms with Gasteiger partial charge in [0.1, 0.15) is 0 Å². The number of rotatable bonds is 6.